The first-order valence-electron chi connectivity index (χ1n) is 12.7. The van der Waals surface area contributed by atoms with E-state index in [2.05, 4.69) is 4.90 Å². The van der Waals surface area contributed by atoms with E-state index < -0.39 is 10.0 Å². The molecule has 8 nitrogen and oxygen atoms in total. The highest BCUT2D eigenvalue weighted by molar-refractivity contribution is 7.91. The van der Waals surface area contributed by atoms with Gasteiger partial charge in [0.25, 0.3) is 10.0 Å². The summed E-state index contributed by atoms with van der Waals surface area (Å²) in [6.45, 7) is 7.23. The number of thiophene rings is 1. The molecule has 2 saturated heterocycles. The van der Waals surface area contributed by atoms with Crippen LogP contribution >= 0.6 is 45.9 Å². The molecule has 5 rings (SSSR count). The molecule has 2 aliphatic heterocycles. The molecule has 206 valence electrons. The van der Waals surface area contributed by atoms with Crippen LogP contribution in [0.2, 0.25) is 9.36 Å². The normalized spacial score (nSPS) is 18.3. The molecule has 0 bridgehead atoms. The van der Waals surface area contributed by atoms with Gasteiger partial charge < -0.3 is 4.74 Å². The molecule has 0 radical (unpaired) electrons. The number of sulfonamides is 1. The van der Waals surface area contributed by atoms with Crippen LogP contribution < -0.4 is 4.90 Å². The summed E-state index contributed by atoms with van der Waals surface area (Å²) < 4.78 is 34.6. The third kappa shape index (κ3) is 6.05. The fraction of sp³-hybridized carbons (Fsp3) is 0.520. The molecule has 0 saturated carbocycles. The number of thiazole rings is 1. The summed E-state index contributed by atoms with van der Waals surface area (Å²) in [5.74, 6) is -0.264. The van der Waals surface area contributed by atoms with Gasteiger partial charge in [0.05, 0.1) is 27.8 Å². The van der Waals surface area contributed by atoms with Crippen molar-refractivity contribution in [3.8, 4) is 0 Å². The molecule has 0 N–H and O–H groups in total. The van der Waals surface area contributed by atoms with Crippen molar-refractivity contribution in [2.24, 2.45) is 5.92 Å². The van der Waals surface area contributed by atoms with Crippen molar-refractivity contribution in [3.63, 3.8) is 0 Å². The van der Waals surface area contributed by atoms with Gasteiger partial charge in [0, 0.05) is 50.2 Å². The Balaban J connectivity index is 1.31. The Morgan fingerprint density at radius 3 is 2.53 bits per heavy atom. The molecule has 38 heavy (non-hydrogen) atoms. The fourth-order valence-corrected chi connectivity index (χ4v) is 9.22. The highest BCUT2D eigenvalue weighted by atomic mass is 35.5. The molecule has 3 aromatic rings. The third-order valence-electron chi connectivity index (χ3n) is 7.14. The van der Waals surface area contributed by atoms with Crippen LogP contribution in [0, 0.1) is 12.8 Å². The molecular weight excluding hydrogens is 587 g/mol. The van der Waals surface area contributed by atoms with Gasteiger partial charge in [-0.1, -0.05) is 34.5 Å². The molecule has 0 aliphatic carbocycles. The predicted octanol–water partition coefficient (Wildman–Crippen LogP) is 5.13. The minimum absolute atomic E-state index is 0.00556. The molecule has 4 heterocycles. The van der Waals surface area contributed by atoms with Crippen LogP contribution in [0.1, 0.15) is 24.8 Å². The number of carbonyl (C=O) groups excluding carboxylic acids is 1. The number of hydrogen-bond acceptors (Lipinski definition) is 8. The standard InChI is InChI=1S/C25H30Cl2N4O4S3/c1-17-19(26)3-4-20-23(17)28-25(36-20)31(10-2-9-29-13-15-35-16-14-29)24(32)18-7-11-30(12-8-18)38(33,34)22-6-5-21(27)37-22/h3-6,18H,2,7-16H2,1H3. The number of anilines is 1. The zero-order valence-corrected chi connectivity index (χ0v) is 25.0. The van der Waals surface area contributed by atoms with Crippen LogP contribution in [0.3, 0.4) is 0 Å². The van der Waals surface area contributed by atoms with Gasteiger partial charge >= 0.3 is 0 Å². The number of aryl methyl sites for hydroxylation is 1. The average molecular weight is 618 g/mol. The van der Waals surface area contributed by atoms with Gasteiger partial charge in [-0.05, 0) is 56.0 Å². The molecule has 2 aliphatic rings. The van der Waals surface area contributed by atoms with Gasteiger partial charge in [-0.25, -0.2) is 13.4 Å². The maximum absolute atomic E-state index is 13.9. The highest BCUT2D eigenvalue weighted by Gasteiger charge is 2.35. The molecule has 0 spiro atoms. The maximum atomic E-state index is 13.9. The summed E-state index contributed by atoms with van der Waals surface area (Å²) in [4.78, 5) is 22.9. The van der Waals surface area contributed by atoms with E-state index in [0.29, 0.717) is 47.0 Å². The summed E-state index contributed by atoms with van der Waals surface area (Å²) >= 11 is 14.9. The zero-order chi connectivity index (χ0) is 26.9. The largest absolute Gasteiger partial charge is 0.379 e. The van der Waals surface area contributed by atoms with E-state index in [1.807, 2.05) is 24.0 Å². The zero-order valence-electron chi connectivity index (χ0n) is 21.1. The second kappa shape index (κ2) is 12.1. The number of halogens is 2. The monoisotopic (exact) mass is 616 g/mol. The van der Waals surface area contributed by atoms with Crippen LogP contribution in [-0.2, 0) is 19.6 Å². The number of morpholine rings is 1. The molecular formula is C25H30Cl2N4O4S3. The lowest BCUT2D eigenvalue weighted by Gasteiger charge is -2.33. The van der Waals surface area contributed by atoms with Crippen LogP contribution in [-0.4, -0.2) is 81.0 Å². The molecule has 0 atom stereocenters. The van der Waals surface area contributed by atoms with Gasteiger partial charge in [-0.15, -0.1) is 11.3 Å². The van der Waals surface area contributed by atoms with Gasteiger partial charge in [0.15, 0.2) is 5.13 Å². The van der Waals surface area contributed by atoms with E-state index >= 15 is 0 Å². The highest BCUT2D eigenvalue weighted by Crippen LogP contribution is 2.36. The Morgan fingerprint density at radius 2 is 1.84 bits per heavy atom. The van der Waals surface area contributed by atoms with Crippen molar-refractivity contribution in [1.29, 1.82) is 0 Å². The second-order valence-corrected chi connectivity index (χ2v) is 14.8. The summed E-state index contributed by atoms with van der Waals surface area (Å²) in [5, 5.41) is 1.32. The quantitative estimate of drug-likeness (QED) is 0.349. The van der Waals surface area contributed by atoms with Crippen molar-refractivity contribution in [2.75, 3.05) is 57.4 Å². The Hall–Kier alpha value is -1.31. The Labute approximate surface area is 241 Å². The first kappa shape index (κ1) is 28.2. The summed E-state index contributed by atoms with van der Waals surface area (Å²) in [7, 11) is -3.61. The Morgan fingerprint density at radius 1 is 1.11 bits per heavy atom. The number of nitrogens with zero attached hydrogens (tertiary/aromatic N) is 4. The number of ether oxygens (including phenoxy) is 1. The number of carbonyl (C=O) groups is 1. The number of rotatable bonds is 8. The van der Waals surface area contributed by atoms with Crippen LogP contribution in [0.25, 0.3) is 10.2 Å². The first-order valence-corrected chi connectivity index (χ1v) is 16.5. The number of amides is 1. The molecule has 1 aromatic carbocycles. The minimum atomic E-state index is -3.61. The van der Waals surface area contributed by atoms with E-state index in [4.69, 9.17) is 32.9 Å². The maximum Gasteiger partial charge on any atom is 0.252 e. The number of hydrogen-bond donors (Lipinski definition) is 0. The SMILES string of the molecule is Cc1c(Cl)ccc2sc(N(CCCN3CCOCC3)C(=O)C3CCN(S(=O)(=O)c4ccc(Cl)s4)CC3)nc12. The van der Waals surface area contributed by atoms with Crippen molar-refractivity contribution in [1.82, 2.24) is 14.2 Å². The topological polar surface area (TPSA) is 83.0 Å². The van der Waals surface area contributed by atoms with Crippen LogP contribution in [0.4, 0.5) is 5.13 Å². The number of piperidine rings is 1. The summed E-state index contributed by atoms with van der Waals surface area (Å²) in [5.41, 5.74) is 1.72. The Bertz CT molecular complexity index is 1400. The molecule has 1 amide bonds. The minimum Gasteiger partial charge on any atom is -0.379 e. The lowest BCUT2D eigenvalue weighted by molar-refractivity contribution is -0.123. The van der Waals surface area contributed by atoms with E-state index in [0.717, 1.165) is 66.4 Å². The van der Waals surface area contributed by atoms with Gasteiger partial charge in [-0.2, -0.15) is 4.31 Å². The molecule has 0 unspecified atom stereocenters. The number of benzene rings is 1. The summed E-state index contributed by atoms with van der Waals surface area (Å²) in [6, 6.07) is 6.94. The smallest absolute Gasteiger partial charge is 0.252 e. The summed E-state index contributed by atoms with van der Waals surface area (Å²) in [6.07, 6.45) is 1.74. The lowest BCUT2D eigenvalue weighted by atomic mass is 9.96. The van der Waals surface area contributed by atoms with Gasteiger partial charge in [0.1, 0.15) is 4.21 Å². The number of fused-ring (bicyclic) bond motifs is 1. The van der Waals surface area contributed by atoms with Gasteiger partial charge in [0.2, 0.25) is 5.91 Å². The number of aromatic nitrogens is 1. The predicted molar refractivity (Wildman–Crippen MR) is 154 cm³/mol. The van der Waals surface area contributed by atoms with E-state index in [-0.39, 0.29) is 16.0 Å². The lowest BCUT2D eigenvalue weighted by Crippen LogP contribution is -2.45. The first-order chi connectivity index (χ1) is 18.2. The van der Waals surface area contributed by atoms with E-state index in [1.54, 1.807) is 6.07 Å². The van der Waals surface area contributed by atoms with Crippen molar-refractivity contribution < 1.29 is 17.9 Å². The van der Waals surface area contributed by atoms with Crippen molar-refractivity contribution in [2.45, 2.75) is 30.4 Å². The Kier molecular flexibility index (Phi) is 8.95. The van der Waals surface area contributed by atoms with E-state index in [9.17, 15) is 13.2 Å². The van der Waals surface area contributed by atoms with Gasteiger partial charge in [-0.3, -0.25) is 14.6 Å². The average Bonchev–Trinajstić information content (AvgIpc) is 3.56. The van der Waals surface area contributed by atoms with Crippen molar-refractivity contribution >= 4 is 77.2 Å². The molecule has 13 heteroatoms. The van der Waals surface area contributed by atoms with Crippen LogP contribution in [0.15, 0.2) is 28.5 Å². The third-order valence-corrected chi connectivity index (χ3v) is 12.2. The van der Waals surface area contributed by atoms with E-state index in [1.165, 1.54) is 21.7 Å². The second-order valence-electron chi connectivity index (χ2n) is 9.55. The molecule has 2 aromatic heterocycles. The van der Waals surface area contributed by atoms with Crippen LogP contribution in [0.5, 0.6) is 0 Å². The van der Waals surface area contributed by atoms with Crippen molar-refractivity contribution in [3.05, 3.63) is 39.2 Å². The fourth-order valence-electron chi connectivity index (χ4n) is 4.91. The molecule has 2 fully saturated rings.